The largest absolute Gasteiger partial charge is 0.491 e. The van der Waals surface area contributed by atoms with Gasteiger partial charge < -0.3 is 20.1 Å². The average Bonchev–Trinajstić information content (AvgIpc) is 2.55. The number of nitrogens with zero attached hydrogens (tertiary/aromatic N) is 1. The third kappa shape index (κ3) is 10.5. The van der Waals surface area contributed by atoms with Crippen LogP contribution in [0.5, 0.6) is 5.75 Å². The summed E-state index contributed by atoms with van der Waals surface area (Å²) >= 11 is 0. The molecule has 0 unspecified atom stereocenters. The van der Waals surface area contributed by atoms with Crippen molar-refractivity contribution in [2.75, 3.05) is 33.4 Å². The molecule has 0 saturated carbocycles. The van der Waals surface area contributed by atoms with Crippen LogP contribution in [0.25, 0.3) is 0 Å². The lowest BCUT2D eigenvalue weighted by molar-refractivity contribution is 0.128. The van der Waals surface area contributed by atoms with Gasteiger partial charge in [-0.05, 0) is 37.0 Å². The minimum atomic E-state index is -0.349. The lowest BCUT2D eigenvalue weighted by Crippen LogP contribution is -2.38. The Morgan fingerprint density at radius 1 is 1.24 bits per heavy atom. The van der Waals surface area contributed by atoms with E-state index in [1.54, 1.807) is 13.1 Å². The SMILES string of the molecule is CCOc1ccc(CNC(=NC)NCCOCCC(C)C)cc1F.I. The molecule has 0 bridgehead atoms. The Labute approximate surface area is 167 Å². The van der Waals surface area contributed by atoms with Gasteiger partial charge in [-0.2, -0.15) is 0 Å². The summed E-state index contributed by atoms with van der Waals surface area (Å²) in [6.07, 6.45) is 1.07. The van der Waals surface area contributed by atoms with Crippen LogP contribution in [0.1, 0.15) is 32.8 Å². The van der Waals surface area contributed by atoms with Crippen molar-refractivity contribution in [3.05, 3.63) is 29.6 Å². The predicted molar refractivity (Wildman–Crippen MR) is 111 cm³/mol. The monoisotopic (exact) mass is 467 g/mol. The minimum absolute atomic E-state index is 0. The van der Waals surface area contributed by atoms with E-state index in [4.69, 9.17) is 9.47 Å². The molecule has 0 radical (unpaired) electrons. The molecule has 25 heavy (non-hydrogen) atoms. The van der Waals surface area contributed by atoms with Crippen molar-refractivity contribution in [1.82, 2.24) is 10.6 Å². The molecule has 2 N–H and O–H groups in total. The van der Waals surface area contributed by atoms with Crippen LogP contribution in [-0.4, -0.2) is 39.4 Å². The highest BCUT2D eigenvalue weighted by atomic mass is 127. The molecule has 0 saturated heterocycles. The number of rotatable bonds is 10. The quantitative estimate of drug-likeness (QED) is 0.239. The van der Waals surface area contributed by atoms with Gasteiger partial charge in [-0.15, -0.1) is 24.0 Å². The van der Waals surface area contributed by atoms with Gasteiger partial charge in [0, 0.05) is 26.7 Å². The fourth-order valence-electron chi connectivity index (χ4n) is 2.00. The van der Waals surface area contributed by atoms with E-state index in [0.29, 0.717) is 38.2 Å². The van der Waals surface area contributed by atoms with Crippen LogP contribution in [0.3, 0.4) is 0 Å². The molecule has 0 atom stereocenters. The molecule has 0 spiro atoms. The van der Waals surface area contributed by atoms with Gasteiger partial charge in [0.15, 0.2) is 17.5 Å². The maximum atomic E-state index is 13.8. The maximum absolute atomic E-state index is 13.8. The Morgan fingerprint density at radius 3 is 2.60 bits per heavy atom. The molecule has 0 aliphatic carbocycles. The van der Waals surface area contributed by atoms with Crippen LogP contribution in [0.2, 0.25) is 0 Å². The molecule has 1 aromatic carbocycles. The normalized spacial score (nSPS) is 11.2. The van der Waals surface area contributed by atoms with Crippen molar-refractivity contribution in [3.8, 4) is 5.75 Å². The molecule has 7 heteroatoms. The molecule has 0 aromatic heterocycles. The number of aliphatic imine (C=N–C) groups is 1. The second-order valence-electron chi connectivity index (χ2n) is 5.85. The zero-order valence-electron chi connectivity index (χ0n) is 15.6. The molecular weight excluding hydrogens is 436 g/mol. The number of halogens is 2. The second-order valence-corrected chi connectivity index (χ2v) is 5.85. The summed E-state index contributed by atoms with van der Waals surface area (Å²) in [5.74, 6) is 1.25. The first-order chi connectivity index (χ1) is 11.6. The highest BCUT2D eigenvalue weighted by Gasteiger charge is 2.05. The van der Waals surface area contributed by atoms with E-state index in [9.17, 15) is 4.39 Å². The first-order valence-corrected chi connectivity index (χ1v) is 8.50. The highest BCUT2D eigenvalue weighted by Crippen LogP contribution is 2.18. The van der Waals surface area contributed by atoms with Gasteiger partial charge in [-0.25, -0.2) is 4.39 Å². The van der Waals surface area contributed by atoms with Crippen molar-refractivity contribution in [1.29, 1.82) is 0 Å². The Morgan fingerprint density at radius 2 is 2.00 bits per heavy atom. The number of hydrogen-bond donors (Lipinski definition) is 2. The molecule has 0 fully saturated rings. The Hall–Kier alpha value is -1.09. The van der Waals surface area contributed by atoms with Crippen molar-refractivity contribution in [2.45, 2.75) is 33.7 Å². The lowest BCUT2D eigenvalue weighted by Gasteiger charge is -2.13. The molecule has 0 aliphatic rings. The van der Waals surface area contributed by atoms with Crippen molar-refractivity contribution in [2.24, 2.45) is 10.9 Å². The Balaban J connectivity index is 0.00000576. The maximum Gasteiger partial charge on any atom is 0.191 e. The summed E-state index contributed by atoms with van der Waals surface area (Å²) in [6.45, 7) is 9.20. The van der Waals surface area contributed by atoms with Crippen LogP contribution in [0, 0.1) is 11.7 Å². The molecule has 1 aromatic rings. The Kier molecular flexibility index (Phi) is 13.5. The van der Waals surface area contributed by atoms with Crippen molar-refractivity contribution in [3.63, 3.8) is 0 Å². The molecule has 0 amide bonds. The van der Waals surface area contributed by atoms with Crippen molar-refractivity contribution < 1.29 is 13.9 Å². The third-order valence-electron chi connectivity index (χ3n) is 3.36. The topological polar surface area (TPSA) is 54.9 Å². The summed E-state index contributed by atoms with van der Waals surface area (Å²) in [6, 6.07) is 4.96. The molecule has 0 aliphatic heterocycles. The van der Waals surface area contributed by atoms with Gasteiger partial charge in [0.05, 0.1) is 13.2 Å². The van der Waals surface area contributed by atoms with Gasteiger partial charge in [0.2, 0.25) is 0 Å². The smallest absolute Gasteiger partial charge is 0.191 e. The summed E-state index contributed by atoms with van der Waals surface area (Å²) < 4.78 is 24.5. The number of ether oxygens (including phenoxy) is 2. The standard InChI is InChI=1S/C18H30FN3O2.HI/c1-5-24-17-7-6-15(12-16(17)19)13-22-18(20-4)21-9-11-23-10-8-14(2)3;/h6-7,12,14H,5,8-11,13H2,1-4H3,(H2,20,21,22);1H. The van der Waals surface area contributed by atoms with Gasteiger partial charge in [0.25, 0.3) is 0 Å². The van der Waals surface area contributed by atoms with Crippen LogP contribution in [0.4, 0.5) is 4.39 Å². The first kappa shape index (κ1) is 23.9. The molecule has 0 heterocycles. The number of guanidine groups is 1. The highest BCUT2D eigenvalue weighted by molar-refractivity contribution is 14.0. The zero-order chi connectivity index (χ0) is 17.8. The van der Waals surface area contributed by atoms with E-state index >= 15 is 0 Å². The second kappa shape index (κ2) is 14.1. The van der Waals surface area contributed by atoms with Crippen LogP contribution in [0.15, 0.2) is 23.2 Å². The van der Waals surface area contributed by atoms with E-state index in [1.807, 2.05) is 13.0 Å². The summed E-state index contributed by atoms with van der Waals surface area (Å²) in [7, 11) is 1.70. The van der Waals surface area contributed by atoms with E-state index in [0.717, 1.165) is 18.6 Å². The van der Waals surface area contributed by atoms with Gasteiger partial charge >= 0.3 is 0 Å². The van der Waals surface area contributed by atoms with E-state index < -0.39 is 0 Å². The molecular formula is C18H31FIN3O2. The summed E-state index contributed by atoms with van der Waals surface area (Å²) in [5.41, 5.74) is 0.826. The minimum Gasteiger partial charge on any atom is -0.491 e. The van der Waals surface area contributed by atoms with Crippen LogP contribution >= 0.6 is 24.0 Å². The number of benzene rings is 1. The summed E-state index contributed by atoms with van der Waals surface area (Å²) in [5, 5.41) is 6.32. The molecule has 144 valence electrons. The molecule has 1 rings (SSSR count). The first-order valence-electron chi connectivity index (χ1n) is 8.50. The lowest BCUT2D eigenvalue weighted by atomic mass is 10.1. The van der Waals surface area contributed by atoms with Gasteiger partial charge in [0.1, 0.15) is 0 Å². The number of hydrogen-bond acceptors (Lipinski definition) is 3. The van der Waals surface area contributed by atoms with E-state index in [2.05, 4.69) is 29.5 Å². The summed E-state index contributed by atoms with van der Waals surface area (Å²) in [4.78, 5) is 4.14. The Bertz CT molecular complexity index is 513. The third-order valence-corrected chi connectivity index (χ3v) is 3.36. The fourth-order valence-corrected chi connectivity index (χ4v) is 2.00. The van der Waals surface area contributed by atoms with Crippen molar-refractivity contribution >= 4 is 29.9 Å². The fraction of sp³-hybridized carbons (Fsp3) is 0.611. The van der Waals surface area contributed by atoms with Crippen LogP contribution < -0.4 is 15.4 Å². The van der Waals surface area contributed by atoms with E-state index in [1.165, 1.54) is 6.07 Å². The zero-order valence-corrected chi connectivity index (χ0v) is 17.9. The predicted octanol–water partition coefficient (Wildman–Crippen LogP) is 3.57. The van der Waals surface area contributed by atoms with Crippen LogP contribution in [-0.2, 0) is 11.3 Å². The van der Waals surface area contributed by atoms with Gasteiger partial charge in [-0.1, -0.05) is 19.9 Å². The average molecular weight is 467 g/mol. The molecule has 5 nitrogen and oxygen atoms in total. The van der Waals surface area contributed by atoms with Gasteiger partial charge in [-0.3, -0.25) is 4.99 Å². The van der Waals surface area contributed by atoms with E-state index in [-0.39, 0.29) is 35.5 Å². The number of nitrogens with one attached hydrogen (secondary N) is 2.